The van der Waals surface area contributed by atoms with Crippen molar-refractivity contribution in [2.45, 2.75) is 17.1 Å². The van der Waals surface area contributed by atoms with Crippen LogP contribution in [0, 0.1) is 0 Å². The molecule has 0 aliphatic rings. The van der Waals surface area contributed by atoms with Gasteiger partial charge in [0, 0.05) is 21.3 Å². The maximum absolute atomic E-state index is 13.4. The monoisotopic (exact) mass is 578 g/mol. The number of hydrogen-bond donors (Lipinski definition) is 2. The van der Waals surface area contributed by atoms with Gasteiger partial charge in [-0.2, -0.15) is 0 Å². The highest BCUT2D eigenvalue weighted by Crippen LogP contribution is 2.37. The number of benzene rings is 4. The van der Waals surface area contributed by atoms with Gasteiger partial charge in [0.25, 0.3) is 5.91 Å². The van der Waals surface area contributed by atoms with Crippen molar-refractivity contribution in [1.82, 2.24) is 0 Å². The summed E-state index contributed by atoms with van der Waals surface area (Å²) in [4.78, 5) is 38.9. The number of hydrogen-bond acceptors (Lipinski definition) is 5. The number of rotatable bonds is 9. The molecule has 0 bridgehead atoms. The molecular formula is C30H24Cl2N2O4S. The van der Waals surface area contributed by atoms with Crippen LogP contribution >= 0.6 is 35.0 Å². The third-order valence-electron chi connectivity index (χ3n) is 5.53. The smallest absolute Gasteiger partial charge is 0.338 e. The van der Waals surface area contributed by atoms with E-state index >= 15 is 0 Å². The van der Waals surface area contributed by atoms with Gasteiger partial charge in [-0.05, 0) is 73.2 Å². The summed E-state index contributed by atoms with van der Waals surface area (Å²) in [5.74, 6) is -1.03. The van der Waals surface area contributed by atoms with Crippen LogP contribution in [0.5, 0.6) is 0 Å². The Morgan fingerprint density at radius 3 is 2.26 bits per heavy atom. The van der Waals surface area contributed by atoms with Crippen molar-refractivity contribution in [3.8, 4) is 0 Å². The fraction of sp³-hybridized carbons (Fsp3) is 0.100. The van der Waals surface area contributed by atoms with Gasteiger partial charge >= 0.3 is 5.97 Å². The Balaban J connectivity index is 1.51. The van der Waals surface area contributed by atoms with Gasteiger partial charge in [-0.15, -0.1) is 11.8 Å². The van der Waals surface area contributed by atoms with Crippen LogP contribution in [0.15, 0.2) is 102 Å². The van der Waals surface area contributed by atoms with E-state index in [0.29, 0.717) is 27.5 Å². The van der Waals surface area contributed by atoms with E-state index in [9.17, 15) is 14.4 Å². The largest absolute Gasteiger partial charge is 0.462 e. The first-order valence-electron chi connectivity index (χ1n) is 12.0. The van der Waals surface area contributed by atoms with Gasteiger partial charge in [0.15, 0.2) is 0 Å². The highest BCUT2D eigenvalue weighted by Gasteiger charge is 2.23. The topological polar surface area (TPSA) is 84.5 Å². The molecule has 0 aromatic heterocycles. The zero-order valence-electron chi connectivity index (χ0n) is 20.8. The van der Waals surface area contributed by atoms with Crippen LogP contribution in [-0.2, 0) is 9.53 Å². The minimum Gasteiger partial charge on any atom is -0.462 e. The predicted octanol–water partition coefficient (Wildman–Crippen LogP) is 7.89. The molecule has 4 rings (SSSR count). The molecule has 0 aliphatic heterocycles. The molecule has 6 nitrogen and oxygen atoms in total. The summed E-state index contributed by atoms with van der Waals surface area (Å²) in [6.45, 7) is 2.03. The Hall–Kier alpha value is -3.78. The lowest BCUT2D eigenvalue weighted by atomic mass is 10.1. The molecule has 1 atom stereocenters. The van der Waals surface area contributed by atoms with E-state index in [4.69, 9.17) is 27.9 Å². The second-order valence-electron chi connectivity index (χ2n) is 8.30. The summed E-state index contributed by atoms with van der Waals surface area (Å²) < 4.78 is 5.01. The van der Waals surface area contributed by atoms with Gasteiger partial charge < -0.3 is 15.4 Å². The molecule has 39 heavy (non-hydrogen) atoms. The van der Waals surface area contributed by atoms with Gasteiger partial charge in [-0.1, -0.05) is 59.6 Å². The van der Waals surface area contributed by atoms with E-state index in [-0.39, 0.29) is 23.4 Å². The molecule has 4 aromatic rings. The molecule has 0 radical (unpaired) electrons. The molecule has 0 saturated carbocycles. The predicted molar refractivity (Wildman–Crippen MR) is 157 cm³/mol. The van der Waals surface area contributed by atoms with Crippen molar-refractivity contribution in [3.63, 3.8) is 0 Å². The number of amides is 2. The number of thioether (sulfide) groups is 1. The number of halogens is 2. The summed E-state index contributed by atoms with van der Waals surface area (Å²) in [5.41, 5.74) is 2.62. The molecule has 0 fully saturated rings. The number of carbonyl (C=O) groups is 3. The van der Waals surface area contributed by atoms with Gasteiger partial charge in [0.1, 0.15) is 5.25 Å². The fourth-order valence-electron chi connectivity index (χ4n) is 3.67. The van der Waals surface area contributed by atoms with E-state index in [2.05, 4.69) is 10.6 Å². The molecule has 1 unspecified atom stereocenters. The van der Waals surface area contributed by atoms with Gasteiger partial charge in [0.05, 0.1) is 22.8 Å². The van der Waals surface area contributed by atoms with Gasteiger partial charge in [0.2, 0.25) is 5.91 Å². The van der Waals surface area contributed by atoms with E-state index in [1.807, 2.05) is 36.4 Å². The lowest BCUT2D eigenvalue weighted by molar-refractivity contribution is -0.115. The number of carbonyl (C=O) groups excluding carboxylic acids is 3. The standard InChI is InChI=1S/C30H24Cl2N2O4S/c1-2-38-30(37)20-11-14-22(15-12-20)33-29(36)27(19-7-4-3-5-8-19)39-24-10-6-9-23(18-24)34-28(35)25-16-13-21(31)17-26(25)32/h3-18,27H,2H2,1H3,(H,33,36)(H,34,35). The maximum Gasteiger partial charge on any atom is 0.338 e. The van der Waals surface area contributed by atoms with Gasteiger partial charge in [-0.25, -0.2) is 4.79 Å². The summed E-state index contributed by atoms with van der Waals surface area (Å²) in [7, 11) is 0. The third-order valence-corrected chi connectivity index (χ3v) is 7.32. The number of nitrogens with one attached hydrogen (secondary N) is 2. The van der Waals surface area contributed by atoms with Gasteiger partial charge in [-0.3, -0.25) is 9.59 Å². The Morgan fingerprint density at radius 2 is 1.56 bits per heavy atom. The first-order valence-corrected chi connectivity index (χ1v) is 13.6. The second kappa shape index (κ2) is 13.3. The highest BCUT2D eigenvalue weighted by atomic mass is 35.5. The Kier molecular flexibility index (Phi) is 9.65. The SMILES string of the molecule is CCOC(=O)c1ccc(NC(=O)C(Sc2cccc(NC(=O)c3ccc(Cl)cc3Cl)c2)c2ccccc2)cc1. The average molecular weight is 580 g/mol. The van der Waals surface area contributed by atoms with Crippen LogP contribution in [0.3, 0.4) is 0 Å². The average Bonchev–Trinajstić information content (AvgIpc) is 2.93. The molecule has 9 heteroatoms. The van der Waals surface area contributed by atoms with Crippen molar-refractivity contribution in [2.75, 3.05) is 17.2 Å². The van der Waals surface area contributed by atoms with Crippen LogP contribution in [0.1, 0.15) is 38.5 Å². The number of esters is 1. The second-order valence-corrected chi connectivity index (χ2v) is 10.3. The summed E-state index contributed by atoms with van der Waals surface area (Å²) in [6.07, 6.45) is 0. The normalized spacial score (nSPS) is 11.4. The minimum absolute atomic E-state index is 0.238. The number of anilines is 2. The Labute approximate surface area is 240 Å². The van der Waals surface area contributed by atoms with Crippen LogP contribution in [0.4, 0.5) is 11.4 Å². The lowest BCUT2D eigenvalue weighted by Crippen LogP contribution is -2.19. The van der Waals surface area contributed by atoms with Crippen molar-refractivity contribution >= 4 is 64.1 Å². The molecule has 0 spiro atoms. The number of ether oxygens (including phenoxy) is 1. The molecule has 0 heterocycles. The summed E-state index contributed by atoms with van der Waals surface area (Å²) >= 11 is 13.5. The lowest BCUT2D eigenvalue weighted by Gasteiger charge is -2.18. The van der Waals surface area contributed by atoms with Crippen LogP contribution < -0.4 is 10.6 Å². The molecule has 2 amide bonds. The summed E-state index contributed by atoms with van der Waals surface area (Å²) in [5, 5.41) is 5.88. The molecule has 0 aliphatic carbocycles. The quantitative estimate of drug-likeness (QED) is 0.156. The van der Waals surface area contributed by atoms with Crippen molar-refractivity contribution < 1.29 is 19.1 Å². The van der Waals surface area contributed by atoms with E-state index < -0.39 is 11.2 Å². The fourth-order valence-corrected chi connectivity index (χ4v) is 5.25. The van der Waals surface area contributed by atoms with Crippen molar-refractivity contribution in [1.29, 1.82) is 0 Å². The molecule has 0 saturated heterocycles. The van der Waals surface area contributed by atoms with E-state index in [1.54, 1.807) is 61.5 Å². The first kappa shape index (κ1) is 28.2. The minimum atomic E-state index is -0.590. The van der Waals surface area contributed by atoms with E-state index in [0.717, 1.165) is 10.5 Å². The molecule has 2 N–H and O–H groups in total. The zero-order valence-corrected chi connectivity index (χ0v) is 23.1. The van der Waals surface area contributed by atoms with Crippen LogP contribution in [0.2, 0.25) is 10.0 Å². The molecule has 198 valence electrons. The first-order chi connectivity index (χ1) is 18.8. The highest BCUT2D eigenvalue weighted by molar-refractivity contribution is 8.00. The van der Waals surface area contributed by atoms with Crippen molar-refractivity contribution in [2.24, 2.45) is 0 Å². The maximum atomic E-state index is 13.4. The summed E-state index contributed by atoms with van der Waals surface area (Å²) in [6, 6.07) is 27.8. The van der Waals surface area contributed by atoms with E-state index in [1.165, 1.54) is 17.8 Å². The third kappa shape index (κ3) is 7.63. The molecule has 4 aromatic carbocycles. The molecular weight excluding hydrogens is 555 g/mol. The van der Waals surface area contributed by atoms with Crippen LogP contribution in [0.25, 0.3) is 0 Å². The Morgan fingerprint density at radius 1 is 0.821 bits per heavy atom. The Bertz CT molecular complexity index is 1480. The zero-order chi connectivity index (χ0) is 27.8. The van der Waals surface area contributed by atoms with Crippen molar-refractivity contribution in [3.05, 3.63) is 124 Å². The van der Waals surface area contributed by atoms with Crippen LogP contribution in [-0.4, -0.2) is 24.4 Å².